The Morgan fingerprint density at radius 3 is 2.47 bits per heavy atom. The molecule has 0 spiro atoms. The van der Waals surface area contributed by atoms with Gasteiger partial charge in [0, 0.05) is 17.8 Å². The summed E-state index contributed by atoms with van der Waals surface area (Å²) in [5, 5.41) is 3.95. The van der Waals surface area contributed by atoms with E-state index in [-0.39, 0.29) is 17.2 Å². The number of nitrogens with one attached hydrogen (secondary N) is 1. The summed E-state index contributed by atoms with van der Waals surface area (Å²) in [5.74, 6) is 0.390. The molecular formula is C16H22BrNO. The maximum absolute atomic E-state index is 12.2. The van der Waals surface area contributed by atoms with Gasteiger partial charge in [-0.25, -0.2) is 0 Å². The molecule has 2 rings (SSSR count). The topological polar surface area (TPSA) is 29.1 Å². The number of hydrogen-bond donors (Lipinski definition) is 1. The molecule has 104 valence electrons. The summed E-state index contributed by atoms with van der Waals surface area (Å²) in [7, 11) is 0. The Kier molecular flexibility index (Phi) is 4.67. The molecule has 1 N–H and O–H groups in total. The number of halogens is 1. The Balaban J connectivity index is 1.89. The minimum Gasteiger partial charge on any atom is -0.352 e. The standard InChI is InChI=1S/C16H22BrNO/c1-16(2)9-3-4-14(16)15(19)18-11-13-7-5-12(10-17)6-8-13/h5-8,14H,3-4,9-11H2,1-2H3,(H,18,19). The van der Waals surface area contributed by atoms with Crippen molar-refractivity contribution in [2.24, 2.45) is 11.3 Å². The van der Waals surface area contributed by atoms with Crippen molar-refractivity contribution in [2.75, 3.05) is 0 Å². The maximum atomic E-state index is 12.2. The fourth-order valence-corrected chi connectivity index (χ4v) is 3.25. The summed E-state index contributed by atoms with van der Waals surface area (Å²) in [6.45, 7) is 5.04. The van der Waals surface area contributed by atoms with E-state index in [9.17, 15) is 4.79 Å². The molecule has 0 saturated heterocycles. The van der Waals surface area contributed by atoms with E-state index in [1.54, 1.807) is 0 Å². The van der Waals surface area contributed by atoms with E-state index in [2.05, 4.69) is 59.4 Å². The van der Waals surface area contributed by atoms with Gasteiger partial charge in [-0.3, -0.25) is 4.79 Å². The Bertz CT molecular complexity index is 439. The number of alkyl halides is 1. The van der Waals surface area contributed by atoms with Crippen molar-refractivity contribution >= 4 is 21.8 Å². The van der Waals surface area contributed by atoms with Crippen LogP contribution in [0.4, 0.5) is 0 Å². The SMILES string of the molecule is CC1(C)CCCC1C(=O)NCc1ccc(CBr)cc1. The number of benzene rings is 1. The molecule has 1 aliphatic rings. The summed E-state index contributed by atoms with van der Waals surface area (Å²) in [4.78, 5) is 12.2. The quantitative estimate of drug-likeness (QED) is 0.833. The molecule has 1 aromatic carbocycles. The molecule has 0 bridgehead atoms. The third-order valence-corrected chi connectivity index (χ3v) is 4.87. The highest BCUT2D eigenvalue weighted by Gasteiger charge is 2.38. The number of carbonyl (C=O) groups excluding carboxylic acids is 1. The van der Waals surface area contributed by atoms with Crippen LogP contribution >= 0.6 is 15.9 Å². The number of rotatable bonds is 4. The average molecular weight is 324 g/mol. The first-order valence-electron chi connectivity index (χ1n) is 6.94. The maximum Gasteiger partial charge on any atom is 0.223 e. The third-order valence-electron chi connectivity index (χ3n) is 4.22. The molecule has 0 heterocycles. The molecule has 0 aromatic heterocycles. The van der Waals surface area contributed by atoms with Gasteiger partial charge in [-0.2, -0.15) is 0 Å². The molecule has 0 radical (unpaired) electrons. The summed E-state index contributed by atoms with van der Waals surface area (Å²) < 4.78 is 0. The lowest BCUT2D eigenvalue weighted by molar-refractivity contribution is -0.127. The lowest BCUT2D eigenvalue weighted by atomic mass is 9.81. The van der Waals surface area contributed by atoms with Crippen LogP contribution in [-0.4, -0.2) is 5.91 Å². The molecule has 3 heteroatoms. The molecule has 1 saturated carbocycles. The van der Waals surface area contributed by atoms with Crippen molar-refractivity contribution in [1.82, 2.24) is 5.32 Å². The van der Waals surface area contributed by atoms with Gasteiger partial charge in [0.1, 0.15) is 0 Å². The first-order chi connectivity index (χ1) is 9.03. The van der Waals surface area contributed by atoms with Crippen molar-refractivity contribution in [2.45, 2.75) is 45.0 Å². The number of hydrogen-bond acceptors (Lipinski definition) is 1. The smallest absolute Gasteiger partial charge is 0.223 e. The van der Waals surface area contributed by atoms with Gasteiger partial charge < -0.3 is 5.32 Å². The van der Waals surface area contributed by atoms with Gasteiger partial charge in [0.2, 0.25) is 5.91 Å². The normalized spacial score (nSPS) is 21.3. The van der Waals surface area contributed by atoms with E-state index in [1.807, 2.05) is 0 Å². The van der Waals surface area contributed by atoms with Crippen molar-refractivity contribution in [3.63, 3.8) is 0 Å². The van der Waals surface area contributed by atoms with Crippen LogP contribution in [0.3, 0.4) is 0 Å². The highest BCUT2D eigenvalue weighted by Crippen LogP contribution is 2.42. The van der Waals surface area contributed by atoms with Gasteiger partial charge in [-0.05, 0) is 29.4 Å². The number of amides is 1. The van der Waals surface area contributed by atoms with Gasteiger partial charge >= 0.3 is 0 Å². The van der Waals surface area contributed by atoms with Crippen LogP contribution < -0.4 is 5.32 Å². The molecule has 1 aliphatic carbocycles. The molecule has 1 unspecified atom stereocenters. The van der Waals surface area contributed by atoms with Crippen LogP contribution in [0.5, 0.6) is 0 Å². The van der Waals surface area contributed by atoms with Crippen molar-refractivity contribution in [1.29, 1.82) is 0 Å². The summed E-state index contributed by atoms with van der Waals surface area (Å²) in [6, 6.07) is 8.35. The molecule has 1 amide bonds. The van der Waals surface area contributed by atoms with Crippen molar-refractivity contribution in [3.8, 4) is 0 Å². The van der Waals surface area contributed by atoms with Crippen molar-refractivity contribution in [3.05, 3.63) is 35.4 Å². The van der Waals surface area contributed by atoms with E-state index < -0.39 is 0 Å². The van der Waals surface area contributed by atoms with Crippen LogP contribution in [0.2, 0.25) is 0 Å². The lowest BCUT2D eigenvalue weighted by Crippen LogP contribution is -2.35. The van der Waals surface area contributed by atoms with Crippen LogP contribution in [0.1, 0.15) is 44.2 Å². The zero-order valence-corrected chi connectivity index (χ0v) is 13.3. The van der Waals surface area contributed by atoms with E-state index >= 15 is 0 Å². The Morgan fingerprint density at radius 1 is 1.32 bits per heavy atom. The summed E-state index contributed by atoms with van der Waals surface area (Å²) >= 11 is 3.43. The summed E-state index contributed by atoms with van der Waals surface area (Å²) in [5.41, 5.74) is 2.57. The lowest BCUT2D eigenvalue weighted by Gasteiger charge is -2.25. The third kappa shape index (κ3) is 3.59. The minimum atomic E-state index is 0.157. The van der Waals surface area contributed by atoms with E-state index in [1.165, 1.54) is 12.0 Å². The molecular weight excluding hydrogens is 302 g/mol. The van der Waals surface area contributed by atoms with Gasteiger partial charge in [0.15, 0.2) is 0 Å². The Labute approximate surface area is 124 Å². The second kappa shape index (κ2) is 6.08. The first kappa shape index (κ1) is 14.6. The van der Waals surface area contributed by atoms with Crippen molar-refractivity contribution < 1.29 is 4.79 Å². The molecule has 2 nitrogen and oxygen atoms in total. The Hall–Kier alpha value is -0.830. The van der Waals surface area contributed by atoms with Crippen LogP contribution in [-0.2, 0) is 16.7 Å². The highest BCUT2D eigenvalue weighted by molar-refractivity contribution is 9.08. The zero-order chi connectivity index (χ0) is 13.9. The number of carbonyl (C=O) groups is 1. The monoisotopic (exact) mass is 323 g/mol. The van der Waals surface area contributed by atoms with Gasteiger partial charge in [0.05, 0.1) is 0 Å². The van der Waals surface area contributed by atoms with Crippen LogP contribution in [0.15, 0.2) is 24.3 Å². The summed E-state index contributed by atoms with van der Waals surface area (Å²) in [6.07, 6.45) is 3.36. The van der Waals surface area contributed by atoms with Gasteiger partial charge in [0.25, 0.3) is 0 Å². The van der Waals surface area contributed by atoms with E-state index in [4.69, 9.17) is 0 Å². The van der Waals surface area contributed by atoms with Crippen LogP contribution in [0, 0.1) is 11.3 Å². The largest absolute Gasteiger partial charge is 0.352 e. The Morgan fingerprint density at radius 2 is 1.95 bits per heavy atom. The molecule has 1 aromatic rings. The minimum absolute atomic E-state index is 0.157. The molecule has 19 heavy (non-hydrogen) atoms. The second-order valence-electron chi connectivity index (χ2n) is 6.10. The molecule has 0 aliphatic heterocycles. The predicted octanol–water partition coefficient (Wildman–Crippen LogP) is 4.02. The molecule has 1 fully saturated rings. The van der Waals surface area contributed by atoms with Crippen LogP contribution in [0.25, 0.3) is 0 Å². The van der Waals surface area contributed by atoms with Gasteiger partial charge in [-0.15, -0.1) is 0 Å². The van der Waals surface area contributed by atoms with Gasteiger partial charge in [-0.1, -0.05) is 60.5 Å². The van der Waals surface area contributed by atoms with E-state index in [0.717, 1.165) is 23.7 Å². The average Bonchev–Trinajstić information content (AvgIpc) is 2.76. The second-order valence-corrected chi connectivity index (χ2v) is 6.66. The fraction of sp³-hybridized carbons (Fsp3) is 0.562. The zero-order valence-electron chi connectivity index (χ0n) is 11.7. The predicted molar refractivity (Wildman–Crippen MR) is 82.0 cm³/mol. The first-order valence-corrected chi connectivity index (χ1v) is 8.06. The van der Waals surface area contributed by atoms with E-state index in [0.29, 0.717) is 6.54 Å². The highest BCUT2D eigenvalue weighted by atomic mass is 79.9. The molecule has 1 atom stereocenters. The fourth-order valence-electron chi connectivity index (χ4n) is 2.87.